The number of benzene rings is 1. The van der Waals surface area contributed by atoms with Gasteiger partial charge in [0, 0.05) is 25.5 Å². The zero-order valence-corrected chi connectivity index (χ0v) is 15.7. The van der Waals surface area contributed by atoms with Crippen LogP contribution in [0.5, 0.6) is 0 Å². The van der Waals surface area contributed by atoms with Crippen molar-refractivity contribution in [3.8, 4) is 0 Å². The van der Waals surface area contributed by atoms with Crippen LogP contribution in [0, 0.1) is 0 Å². The zero-order chi connectivity index (χ0) is 18.7. The van der Waals surface area contributed by atoms with Gasteiger partial charge in [-0.3, -0.25) is 4.79 Å². The Hall–Kier alpha value is -2.44. The Morgan fingerprint density at radius 3 is 2.65 bits per heavy atom. The number of carbonyl (C=O) groups is 1. The van der Waals surface area contributed by atoms with E-state index in [2.05, 4.69) is 29.1 Å². The third-order valence-electron chi connectivity index (χ3n) is 4.19. The van der Waals surface area contributed by atoms with Gasteiger partial charge in [-0.15, -0.1) is 0 Å². The van der Waals surface area contributed by atoms with Gasteiger partial charge in [0.05, 0.1) is 23.5 Å². The van der Waals surface area contributed by atoms with Crippen molar-refractivity contribution < 1.29 is 9.53 Å². The normalized spacial score (nSPS) is 11.3. The van der Waals surface area contributed by atoms with Crippen LogP contribution in [0.1, 0.15) is 35.7 Å². The largest absolute Gasteiger partial charge is 0.383 e. The Kier molecular flexibility index (Phi) is 5.54. The summed E-state index contributed by atoms with van der Waals surface area (Å²) < 4.78 is 6.92. The molecule has 0 aliphatic heterocycles. The standard InChI is InChI=1S/C19H21ClN4O2/c1-12(2)13-4-6-14(7-5-13)23-19(25)15-10-21-18-17(16(15)20)22-11-24(18)8-9-26-3/h4-7,10-12H,8-9H2,1-3H3,(H,23,25). The van der Waals surface area contributed by atoms with Gasteiger partial charge in [-0.25, -0.2) is 9.97 Å². The van der Waals surface area contributed by atoms with E-state index in [0.29, 0.717) is 46.5 Å². The van der Waals surface area contributed by atoms with Crippen LogP contribution in [-0.2, 0) is 11.3 Å². The summed E-state index contributed by atoms with van der Waals surface area (Å²) in [6, 6.07) is 7.76. The smallest absolute Gasteiger partial charge is 0.258 e. The van der Waals surface area contributed by atoms with E-state index in [1.54, 1.807) is 13.4 Å². The Balaban J connectivity index is 1.83. The molecule has 0 aliphatic rings. The highest BCUT2D eigenvalue weighted by Crippen LogP contribution is 2.25. The predicted octanol–water partition coefficient (Wildman–Crippen LogP) is 4.11. The summed E-state index contributed by atoms with van der Waals surface area (Å²) in [5.41, 5.74) is 3.35. The van der Waals surface area contributed by atoms with Crippen LogP contribution in [0.25, 0.3) is 11.2 Å². The van der Waals surface area contributed by atoms with Crippen molar-refractivity contribution in [1.29, 1.82) is 0 Å². The summed E-state index contributed by atoms with van der Waals surface area (Å²) in [6.07, 6.45) is 3.13. The molecule has 1 N–H and O–H groups in total. The Morgan fingerprint density at radius 2 is 2.00 bits per heavy atom. The number of aromatic nitrogens is 3. The lowest BCUT2D eigenvalue weighted by molar-refractivity contribution is 0.102. The molecule has 7 heteroatoms. The van der Waals surface area contributed by atoms with Crippen LogP contribution in [0.2, 0.25) is 5.02 Å². The van der Waals surface area contributed by atoms with Crippen LogP contribution in [-0.4, -0.2) is 34.2 Å². The van der Waals surface area contributed by atoms with E-state index >= 15 is 0 Å². The van der Waals surface area contributed by atoms with E-state index in [4.69, 9.17) is 16.3 Å². The molecule has 0 bridgehead atoms. The van der Waals surface area contributed by atoms with Crippen molar-refractivity contribution in [3.63, 3.8) is 0 Å². The van der Waals surface area contributed by atoms with Gasteiger partial charge in [0.2, 0.25) is 0 Å². The summed E-state index contributed by atoms with van der Waals surface area (Å²) in [7, 11) is 1.63. The van der Waals surface area contributed by atoms with Crippen molar-refractivity contribution in [2.75, 3.05) is 19.0 Å². The first-order chi connectivity index (χ1) is 12.5. The fourth-order valence-electron chi connectivity index (χ4n) is 2.64. The van der Waals surface area contributed by atoms with Gasteiger partial charge >= 0.3 is 0 Å². The number of rotatable bonds is 6. The number of nitrogens with zero attached hydrogens (tertiary/aromatic N) is 3. The van der Waals surface area contributed by atoms with Crippen molar-refractivity contribution in [3.05, 3.63) is 52.9 Å². The molecule has 3 rings (SSSR count). The summed E-state index contributed by atoms with van der Waals surface area (Å²) >= 11 is 6.41. The van der Waals surface area contributed by atoms with Gasteiger partial charge in [-0.2, -0.15) is 0 Å². The highest BCUT2D eigenvalue weighted by Gasteiger charge is 2.17. The van der Waals surface area contributed by atoms with Gasteiger partial charge in [0.1, 0.15) is 5.52 Å². The minimum absolute atomic E-state index is 0.294. The molecule has 2 heterocycles. The molecule has 0 spiro atoms. The summed E-state index contributed by atoms with van der Waals surface area (Å²) in [4.78, 5) is 21.2. The lowest BCUT2D eigenvalue weighted by Crippen LogP contribution is -2.13. The number of carbonyl (C=O) groups excluding carboxylic acids is 1. The number of amides is 1. The fourth-order valence-corrected chi connectivity index (χ4v) is 2.91. The number of hydrogen-bond donors (Lipinski definition) is 1. The fraction of sp³-hybridized carbons (Fsp3) is 0.316. The first-order valence-electron chi connectivity index (χ1n) is 8.41. The van der Waals surface area contributed by atoms with E-state index in [1.165, 1.54) is 11.8 Å². The Morgan fingerprint density at radius 1 is 1.27 bits per heavy atom. The summed E-state index contributed by atoms with van der Waals surface area (Å²) in [6.45, 7) is 5.41. The van der Waals surface area contributed by atoms with Crippen LogP contribution >= 0.6 is 11.6 Å². The maximum atomic E-state index is 12.6. The van der Waals surface area contributed by atoms with Crippen LogP contribution in [0.4, 0.5) is 5.69 Å². The molecule has 3 aromatic rings. The van der Waals surface area contributed by atoms with Crippen molar-refractivity contribution in [2.45, 2.75) is 26.3 Å². The molecule has 0 saturated carbocycles. The van der Waals surface area contributed by atoms with Gasteiger partial charge in [0.25, 0.3) is 5.91 Å². The second kappa shape index (κ2) is 7.85. The molecule has 26 heavy (non-hydrogen) atoms. The van der Waals surface area contributed by atoms with Crippen molar-refractivity contribution in [1.82, 2.24) is 14.5 Å². The zero-order valence-electron chi connectivity index (χ0n) is 15.0. The van der Waals surface area contributed by atoms with Crippen molar-refractivity contribution in [2.24, 2.45) is 0 Å². The molecule has 2 aromatic heterocycles. The van der Waals surface area contributed by atoms with Crippen LogP contribution in [0.15, 0.2) is 36.8 Å². The van der Waals surface area contributed by atoms with Gasteiger partial charge in [-0.1, -0.05) is 37.6 Å². The lowest BCUT2D eigenvalue weighted by atomic mass is 10.0. The van der Waals surface area contributed by atoms with Gasteiger partial charge < -0.3 is 14.6 Å². The number of ether oxygens (including phenoxy) is 1. The van der Waals surface area contributed by atoms with E-state index in [1.807, 2.05) is 28.8 Å². The second-order valence-electron chi connectivity index (χ2n) is 6.32. The van der Waals surface area contributed by atoms with Gasteiger partial charge in [0.15, 0.2) is 5.65 Å². The number of nitrogens with one attached hydrogen (secondary N) is 1. The number of pyridine rings is 1. The molecular weight excluding hydrogens is 352 g/mol. The molecule has 0 radical (unpaired) electrons. The van der Waals surface area contributed by atoms with E-state index in [-0.39, 0.29) is 5.91 Å². The monoisotopic (exact) mass is 372 g/mol. The quantitative estimate of drug-likeness (QED) is 0.707. The van der Waals surface area contributed by atoms with Crippen LogP contribution in [0.3, 0.4) is 0 Å². The third-order valence-corrected chi connectivity index (χ3v) is 4.57. The molecule has 1 aromatic carbocycles. The SMILES string of the molecule is COCCn1cnc2c(Cl)c(C(=O)Nc3ccc(C(C)C)cc3)cnc21. The average Bonchev–Trinajstić information content (AvgIpc) is 3.04. The molecule has 6 nitrogen and oxygen atoms in total. The molecule has 0 atom stereocenters. The number of imidazole rings is 1. The topological polar surface area (TPSA) is 69.0 Å². The summed E-state index contributed by atoms with van der Waals surface area (Å²) in [5, 5.41) is 3.15. The highest BCUT2D eigenvalue weighted by molar-refractivity contribution is 6.38. The Labute approximate surface area is 157 Å². The molecule has 0 saturated heterocycles. The van der Waals surface area contributed by atoms with E-state index < -0.39 is 0 Å². The Bertz CT molecular complexity index is 919. The predicted molar refractivity (Wildman–Crippen MR) is 103 cm³/mol. The van der Waals surface area contributed by atoms with Crippen molar-refractivity contribution >= 4 is 34.4 Å². The first-order valence-corrected chi connectivity index (χ1v) is 8.78. The number of hydrogen-bond acceptors (Lipinski definition) is 4. The first kappa shape index (κ1) is 18.4. The lowest BCUT2D eigenvalue weighted by Gasteiger charge is -2.09. The second-order valence-corrected chi connectivity index (χ2v) is 6.70. The number of halogens is 1. The minimum atomic E-state index is -0.312. The maximum Gasteiger partial charge on any atom is 0.258 e. The van der Waals surface area contributed by atoms with E-state index in [9.17, 15) is 4.79 Å². The molecule has 0 fully saturated rings. The number of fused-ring (bicyclic) bond motifs is 1. The minimum Gasteiger partial charge on any atom is -0.383 e. The summed E-state index contributed by atoms with van der Waals surface area (Å²) in [5.74, 6) is 0.127. The molecular formula is C19H21ClN4O2. The molecule has 0 aliphatic carbocycles. The van der Waals surface area contributed by atoms with E-state index in [0.717, 1.165) is 0 Å². The molecule has 136 valence electrons. The number of methoxy groups -OCH3 is 1. The molecule has 1 amide bonds. The number of anilines is 1. The third kappa shape index (κ3) is 3.71. The van der Waals surface area contributed by atoms with Gasteiger partial charge in [-0.05, 0) is 23.6 Å². The maximum absolute atomic E-state index is 12.6. The average molecular weight is 373 g/mol. The van der Waals surface area contributed by atoms with Crippen LogP contribution < -0.4 is 5.32 Å². The molecule has 0 unspecified atom stereocenters. The highest BCUT2D eigenvalue weighted by atomic mass is 35.5.